The number of rotatable bonds is 5. The van der Waals surface area contributed by atoms with Crippen molar-refractivity contribution < 1.29 is 22.7 Å². The van der Waals surface area contributed by atoms with E-state index in [9.17, 15) is 18.0 Å². The number of aromatic nitrogens is 1. The van der Waals surface area contributed by atoms with Gasteiger partial charge in [0.1, 0.15) is 6.04 Å². The Balaban J connectivity index is 1.53. The van der Waals surface area contributed by atoms with E-state index in [0.29, 0.717) is 19.4 Å². The smallest absolute Gasteiger partial charge is 0.331 e. The van der Waals surface area contributed by atoms with E-state index in [2.05, 4.69) is 0 Å². The third kappa shape index (κ3) is 3.21. The van der Waals surface area contributed by atoms with E-state index in [4.69, 9.17) is 5.84 Å². The molecule has 4 heterocycles. The standard InChI is InChI=1S/C18H20N4O4S2/c19-21-9-2-1-5-17(21)28(25,26)22-12-15(23)18-14(22)8-10-20(18)16(24)7-6-13-4-3-11-27-13/h1-5,7,9,11,14,18H,6,8,10,12,19H2/q+1. The molecule has 28 heavy (non-hydrogen) atoms. The number of hydrogen-bond donors (Lipinski definition) is 1. The Hall–Kier alpha value is -2.30. The fourth-order valence-corrected chi connectivity index (χ4v) is 6.21. The summed E-state index contributed by atoms with van der Waals surface area (Å²) in [6.45, 7) is 0.103. The Kier molecular flexibility index (Phi) is 4.94. The van der Waals surface area contributed by atoms with Crippen molar-refractivity contribution in [1.82, 2.24) is 9.21 Å². The van der Waals surface area contributed by atoms with Gasteiger partial charge < -0.3 is 4.90 Å². The first-order chi connectivity index (χ1) is 13.4. The molecule has 0 bridgehead atoms. The van der Waals surface area contributed by atoms with Gasteiger partial charge in [0, 0.05) is 23.6 Å². The highest BCUT2D eigenvalue weighted by molar-refractivity contribution is 7.89. The van der Waals surface area contributed by atoms with Gasteiger partial charge in [0.05, 0.1) is 19.0 Å². The fraction of sp³-hybridized carbons (Fsp3) is 0.333. The molecule has 1 amide bonds. The van der Waals surface area contributed by atoms with Gasteiger partial charge in [-0.2, -0.15) is 4.31 Å². The highest BCUT2D eigenvalue weighted by atomic mass is 32.2. The molecule has 10 heteroatoms. The SMILES string of the molecule is N[n+]1ccccc1S(=O)(=O)N1CC(=O)C2C1CCN2C(=O)[CH]Cc1cccs1. The van der Waals surface area contributed by atoms with E-state index in [1.54, 1.807) is 29.9 Å². The predicted octanol–water partition coefficient (Wildman–Crippen LogP) is -0.261. The van der Waals surface area contributed by atoms with Crippen LogP contribution in [0.1, 0.15) is 11.3 Å². The summed E-state index contributed by atoms with van der Waals surface area (Å²) < 4.78 is 28.3. The lowest BCUT2D eigenvalue weighted by Gasteiger charge is -2.23. The third-order valence-electron chi connectivity index (χ3n) is 5.14. The highest BCUT2D eigenvalue weighted by Crippen LogP contribution is 2.33. The van der Waals surface area contributed by atoms with Gasteiger partial charge in [-0.1, -0.05) is 10.7 Å². The van der Waals surface area contributed by atoms with Crippen LogP contribution in [0.15, 0.2) is 46.9 Å². The van der Waals surface area contributed by atoms with E-state index >= 15 is 0 Å². The quantitative estimate of drug-likeness (QED) is 0.530. The molecule has 1 radical (unpaired) electrons. The van der Waals surface area contributed by atoms with Crippen LogP contribution in [-0.4, -0.2) is 54.5 Å². The van der Waals surface area contributed by atoms with Crippen LogP contribution >= 0.6 is 11.3 Å². The molecule has 8 nitrogen and oxygen atoms in total. The van der Waals surface area contributed by atoms with Gasteiger partial charge in [0.25, 0.3) is 0 Å². The maximum atomic E-state index is 13.1. The Bertz CT molecular complexity index is 1010. The van der Waals surface area contributed by atoms with E-state index in [-0.39, 0.29) is 23.3 Å². The number of thiophene rings is 1. The first-order valence-corrected chi connectivity index (χ1v) is 11.2. The molecule has 0 aliphatic carbocycles. The fourth-order valence-electron chi connectivity index (χ4n) is 3.85. The Morgan fingerprint density at radius 2 is 2.14 bits per heavy atom. The molecular formula is C18H20N4O4S2+. The summed E-state index contributed by atoms with van der Waals surface area (Å²) in [4.78, 5) is 27.8. The van der Waals surface area contributed by atoms with Crippen molar-refractivity contribution in [2.75, 3.05) is 18.9 Å². The number of Topliss-reactive ketones (excluding diaryl/α,β-unsaturated/α-hetero) is 1. The second kappa shape index (κ2) is 7.26. The van der Waals surface area contributed by atoms with E-state index in [1.807, 2.05) is 17.5 Å². The Labute approximate surface area is 167 Å². The van der Waals surface area contributed by atoms with Crippen LogP contribution in [0.2, 0.25) is 0 Å². The molecule has 4 rings (SSSR count). The number of likely N-dealkylation sites (tertiary alicyclic amines) is 1. The molecule has 2 unspecified atom stereocenters. The summed E-state index contributed by atoms with van der Waals surface area (Å²) in [5, 5.41) is 1.85. The maximum Gasteiger partial charge on any atom is 0.340 e. The summed E-state index contributed by atoms with van der Waals surface area (Å²) in [6, 6.07) is 7.17. The van der Waals surface area contributed by atoms with E-state index in [0.717, 1.165) is 9.55 Å². The van der Waals surface area contributed by atoms with Crippen molar-refractivity contribution in [1.29, 1.82) is 0 Å². The number of amides is 1. The lowest BCUT2D eigenvalue weighted by atomic mass is 10.1. The normalized spacial score (nSPS) is 22.6. The summed E-state index contributed by atoms with van der Waals surface area (Å²) in [5.74, 6) is 5.27. The van der Waals surface area contributed by atoms with E-state index in [1.165, 1.54) is 21.5 Å². The molecule has 2 aromatic rings. The van der Waals surface area contributed by atoms with Crippen molar-refractivity contribution in [3.63, 3.8) is 0 Å². The van der Waals surface area contributed by atoms with Gasteiger partial charge in [0.2, 0.25) is 12.1 Å². The lowest BCUT2D eigenvalue weighted by molar-refractivity contribution is -0.678. The second-order valence-corrected chi connectivity index (χ2v) is 9.65. The topological polar surface area (TPSA) is 105 Å². The number of nitrogen functional groups attached to an aromatic ring is 1. The van der Waals surface area contributed by atoms with Crippen LogP contribution in [0.25, 0.3) is 0 Å². The number of ketones is 1. The molecule has 2 fully saturated rings. The zero-order valence-electron chi connectivity index (χ0n) is 15.0. The predicted molar refractivity (Wildman–Crippen MR) is 102 cm³/mol. The minimum atomic E-state index is -3.95. The minimum Gasteiger partial charge on any atom is -0.331 e. The molecular weight excluding hydrogens is 400 g/mol. The average Bonchev–Trinajstić information content (AvgIpc) is 3.38. The number of sulfonamides is 1. The van der Waals surface area contributed by atoms with E-state index < -0.39 is 22.1 Å². The summed E-state index contributed by atoms with van der Waals surface area (Å²) in [7, 11) is -3.95. The summed E-state index contributed by atoms with van der Waals surface area (Å²) >= 11 is 1.56. The first-order valence-electron chi connectivity index (χ1n) is 8.86. The zero-order valence-corrected chi connectivity index (χ0v) is 16.6. The van der Waals surface area contributed by atoms with Crippen LogP contribution in [0.4, 0.5) is 0 Å². The zero-order chi connectivity index (χ0) is 19.9. The molecule has 2 aromatic heterocycles. The Morgan fingerprint density at radius 3 is 2.86 bits per heavy atom. The summed E-state index contributed by atoms with van der Waals surface area (Å²) in [5.41, 5.74) is 0. The second-order valence-electron chi connectivity index (χ2n) is 6.78. The van der Waals surface area contributed by atoms with Crippen molar-refractivity contribution in [2.45, 2.75) is 30.0 Å². The molecule has 2 atom stereocenters. The largest absolute Gasteiger partial charge is 0.340 e. The Morgan fingerprint density at radius 1 is 1.32 bits per heavy atom. The van der Waals surface area contributed by atoms with Crippen molar-refractivity contribution in [2.24, 2.45) is 0 Å². The van der Waals surface area contributed by atoms with Crippen molar-refractivity contribution >= 4 is 33.1 Å². The van der Waals surface area contributed by atoms with Gasteiger partial charge in [0.15, 0.2) is 5.78 Å². The van der Waals surface area contributed by atoms with Crippen LogP contribution in [-0.2, 0) is 26.0 Å². The summed E-state index contributed by atoms with van der Waals surface area (Å²) in [6.07, 6.45) is 3.92. The third-order valence-corrected chi connectivity index (χ3v) is 7.93. The minimum absolute atomic E-state index is 0.0857. The number of carbonyl (C=O) groups is 2. The number of pyridine rings is 1. The molecule has 147 valence electrons. The number of nitrogens with zero attached hydrogens (tertiary/aromatic N) is 3. The highest BCUT2D eigenvalue weighted by Gasteiger charge is 2.55. The van der Waals surface area contributed by atoms with Crippen LogP contribution in [0.3, 0.4) is 0 Å². The van der Waals surface area contributed by atoms with Crippen molar-refractivity contribution in [3.8, 4) is 0 Å². The monoisotopic (exact) mass is 420 g/mol. The molecule has 2 saturated heterocycles. The molecule has 2 N–H and O–H groups in total. The van der Waals surface area contributed by atoms with Gasteiger partial charge in [-0.15, -0.1) is 11.3 Å². The first kappa shape index (κ1) is 19.0. The number of fused-ring (bicyclic) bond motifs is 1. The molecule has 0 aromatic carbocycles. The lowest BCUT2D eigenvalue weighted by Crippen LogP contribution is -2.52. The molecule has 2 aliphatic heterocycles. The number of nitrogens with two attached hydrogens (primary N) is 1. The van der Waals surface area contributed by atoms with Gasteiger partial charge in [-0.3, -0.25) is 9.59 Å². The molecule has 0 saturated carbocycles. The van der Waals surface area contributed by atoms with Gasteiger partial charge in [-0.25, -0.2) is 14.3 Å². The molecule has 2 aliphatic rings. The van der Waals surface area contributed by atoms with Gasteiger partial charge >= 0.3 is 15.0 Å². The molecule has 0 spiro atoms. The van der Waals surface area contributed by atoms with Crippen LogP contribution < -0.4 is 10.5 Å². The van der Waals surface area contributed by atoms with Crippen LogP contribution in [0.5, 0.6) is 0 Å². The average molecular weight is 421 g/mol. The number of hydrogen-bond acceptors (Lipinski definition) is 6. The van der Waals surface area contributed by atoms with Crippen LogP contribution in [0, 0.1) is 6.42 Å². The number of carbonyl (C=O) groups excluding carboxylic acids is 2. The van der Waals surface area contributed by atoms with Gasteiger partial charge in [-0.05, 0) is 30.4 Å². The van der Waals surface area contributed by atoms with Crippen molar-refractivity contribution in [3.05, 3.63) is 53.2 Å². The maximum absolute atomic E-state index is 13.1.